The van der Waals surface area contributed by atoms with E-state index in [-0.39, 0.29) is 30.5 Å². The van der Waals surface area contributed by atoms with Crippen molar-refractivity contribution in [2.24, 2.45) is 0 Å². The van der Waals surface area contributed by atoms with Gasteiger partial charge in [-0.25, -0.2) is 0 Å². The molecule has 7 heteroatoms. The van der Waals surface area contributed by atoms with Gasteiger partial charge in [-0.15, -0.1) is 0 Å². The molecule has 0 amide bonds. The Hall–Kier alpha value is -0.280. The van der Waals surface area contributed by atoms with E-state index in [4.69, 9.17) is 33.2 Å². The van der Waals surface area contributed by atoms with Crippen LogP contribution in [0.4, 0.5) is 0 Å². The maximum absolute atomic E-state index is 6.07. The molecular weight excluding hydrogens is 316 g/mol. The van der Waals surface area contributed by atoms with Crippen LogP contribution >= 0.6 is 0 Å². The van der Waals surface area contributed by atoms with Crippen LogP contribution in [0, 0.1) is 0 Å². The molecule has 0 radical (unpaired) electrons. The molecular formula is C17H30O7. The van der Waals surface area contributed by atoms with Crippen molar-refractivity contribution in [1.29, 1.82) is 0 Å². The van der Waals surface area contributed by atoms with Crippen molar-refractivity contribution in [2.75, 3.05) is 19.8 Å². The first-order chi connectivity index (χ1) is 11.2. The molecule has 3 fully saturated rings. The first kappa shape index (κ1) is 18.5. The molecule has 0 saturated carbocycles. The second kappa shape index (κ2) is 6.79. The molecule has 3 saturated heterocycles. The third kappa shape index (κ3) is 4.09. The zero-order chi connectivity index (χ0) is 17.5. The second-order valence-corrected chi connectivity index (χ2v) is 7.69. The van der Waals surface area contributed by atoms with E-state index in [0.717, 1.165) is 0 Å². The molecule has 5 atom stereocenters. The molecule has 0 aromatic carbocycles. The number of hydrogen-bond donors (Lipinski definition) is 0. The molecule has 1 unspecified atom stereocenters. The Balaban J connectivity index is 1.64. The first-order valence-electron chi connectivity index (χ1n) is 8.73. The smallest absolute Gasteiger partial charge is 0.190 e. The first-order valence-corrected chi connectivity index (χ1v) is 8.73. The fourth-order valence-electron chi connectivity index (χ4n) is 3.34. The van der Waals surface area contributed by atoms with Gasteiger partial charge in [0.15, 0.2) is 17.9 Å². The van der Waals surface area contributed by atoms with Gasteiger partial charge >= 0.3 is 0 Å². The lowest BCUT2D eigenvalue weighted by Crippen LogP contribution is -2.44. The topological polar surface area (TPSA) is 64.6 Å². The van der Waals surface area contributed by atoms with E-state index in [2.05, 4.69) is 0 Å². The summed E-state index contributed by atoms with van der Waals surface area (Å²) in [5.41, 5.74) is 0. The molecule has 3 heterocycles. The largest absolute Gasteiger partial charge is 0.376 e. The van der Waals surface area contributed by atoms with E-state index >= 15 is 0 Å². The summed E-state index contributed by atoms with van der Waals surface area (Å²) < 4.78 is 41.1. The Kier molecular flexibility index (Phi) is 5.24. The Bertz CT molecular complexity index is 437. The highest BCUT2D eigenvalue weighted by atomic mass is 16.8. The maximum Gasteiger partial charge on any atom is 0.190 e. The molecule has 24 heavy (non-hydrogen) atoms. The zero-order valence-corrected chi connectivity index (χ0v) is 15.4. The van der Waals surface area contributed by atoms with Gasteiger partial charge < -0.3 is 33.2 Å². The van der Waals surface area contributed by atoms with Gasteiger partial charge in [0, 0.05) is 0 Å². The fraction of sp³-hybridized carbons (Fsp3) is 1.00. The molecule has 0 aliphatic carbocycles. The van der Waals surface area contributed by atoms with Crippen molar-refractivity contribution in [2.45, 2.75) is 89.9 Å². The molecule has 140 valence electrons. The summed E-state index contributed by atoms with van der Waals surface area (Å²) >= 11 is 0. The van der Waals surface area contributed by atoms with E-state index < -0.39 is 17.9 Å². The van der Waals surface area contributed by atoms with Crippen molar-refractivity contribution in [3.63, 3.8) is 0 Å². The molecule has 7 nitrogen and oxygen atoms in total. The maximum atomic E-state index is 6.07. The molecule has 0 aromatic heterocycles. The zero-order valence-electron chi connectivity index (χ0n) is 15.4. The highest BCUT2D eigenvalue weighted by Gasteiger charge is 2.58. The lowest BCUT2D eigenvalue weighted by Gasteiger charge is -2.29. The van der Waals surface area contributed by atoms with Crippen molar-refractivity contribution >= 4 is 0 Å². The van der Waals surface area contributed by atoms with Crippen molar-refractivity contribution in [1.82, 2.24) is 0 Å². The van der Waals surface area contributed by atoms with E-state index in [1.54, 1.807) is 0 Å². The summed E-state index contributed by atoms with van der Waals surface area (Å²) in [4.78, 5) is 0. The predicted molar refractivity (Wildman–Crippen MR) is 84.4 cm³/mol. The molecule has 3 rings (SSSR count). The summed E-state index contributed by atoms with van der Waals surface area (Å²) in [5, 5.41) is 0. The minimum Gasteiger partial charge on any atom is -0.376 e. The second-order valence-electron chi connectivity index (χ2n) is 7.69. The average molecular weight is 346 g/mol. The molecule has 3 aliphatic rings. The Labute approximate surface area is 143 Å². The van der Waals surface area contributed by atoms with Crippen LogP contribution in [-0.2, 0) is 33.2 Å². The highest BCUT2D eigenvalue weighted by molar-refractivity contribution is 4.98. The van der Waals surface area contributed by atoms with Gasteiger partial charge in [-0.05, 0) is 41.5 Å². The Morgan fingerprint density at radius 3 is 2.33 bits per heavy atom. The lowest BCUT2D eigenvalue weighted by molar-refractivity contribution is -0.236. The van der Waals surface area contributed by atoms with Gasteiger partial charge in [0.25, 0.3) is 0 Å². The van der Waals surface area contributed by atoms with Crippen LogP contribution in [0.25, 0.3) is 0 Å². The van der Waals surface area contributed by atoms with Gasteiger partial charge in [-0.2, -0.15) is 0 Å². The SMILES string of the molecule is CC(C)OCCO[C@@H]1[C@@H]([C@H]2COC(C)(C)O2)OC2OC(C)(C)O[C@@H]21. The Morgan fingerprint density at radius 1 is 0.958 bits per heavy atom. The third-order valence-corrected chi connectivity index (χ3v) is 4.27. The monoisotopic (exact) mass is 346 g/mol. The fourth-order valence-corrected chi connectivity index (χ4v) is 3.34. The van der Waals surface area contributed by atoms with Gasteiger partial charge in [-0.3, -0.25) is 0 Å². The van der Waals surface area contributed by atoms with E-state index in [0.29, 0.717) is 19.8 Å². The van der Waals surface area contributed by atoms with Crippen LogP contribution in [0.15, 0.2) is 0 Å². The molecule has 3 aliphatic heterocycles. The minimum absolute atomic E-state index is 0.175. The molecule has 0 N–H and O–H groups in total. The highest BCUT2D eigenvalue weighted by Crippen LogP contribution is 2.41. The van der Waals surface area contributed by atoms with Crippen LogP contribution in [-0.4, -0.2) is 68.2 Å². The van der Waals surface area contributed by atoms with Gasteiger partial charge in [0.1, 0.15) is 24.4 Å². The average Bonchev–Trinajstić information content (AvgIpc) is 3.04. The minimum atomic E-state index is -0.678. The van der Waals surface area contributed by atoms with Crippen molar-refractivity contribution < 1.29 is 33.2 Å². The normalized spacial score (nSPS) is 40.4. The van der Waals surface area contributed by atoms with Crippen LogP contribution in [0.5, 0.6) is 0 Å². The van der Waals surface area contributed by atoms with Crippen molar-refractivity contribution in [3.8, 4) is 0 Å². The Morgan fingerprint density at radius 2 is 1.71 bits per heavy atom. The van der Waals surface area contributed by atoms with Crippen LogP contribution in [0.2, 0.25) is 0 Å². The summed E-state index contributed by atoms with van der Waals surface area (Å²) in [6.45, 7) is 13.0. The van der Waals surface area contributed by atoms with Gasteiger partial charge in [-0.1, -0.05) is 0 Å². The third-order valence-electron chi connectivity index (χ3n) is 4.27. The summed E-state index contributed by atoms with van der Waals surface area (Å²) in [7, 11) is 0. The predicted octanol–water partition coefficient (Wildman–Crippen LogP) is 1.82. The van der Waals surface area contributed by atoms with Crippen LogP contribution in [0.1, 0.15) is 41.5 Å². The quantitative estimate of drug-likeness (QED) is 0.680. The number of rotatable bonds is 6. The lowest BCUT2D eigenvalue weighted by atomic mass is 10.1. The van der Waals surface area contributed by atoms with E-state index in [1.165, 1.54) is 0 Å². The molecule has 0 spiro atoms. The summed E-state index contributed by atoms with van der Waals surface area (Å²) in [5.74, 6) is -1.29. The van der Waals surface area contributed by atoms with Crippen molar-refractivity contribution in [3.05, 3.63) is 0 Å². The number of fused-ring (bicyclic) bond motifs is 1. The van der Waals surface area contributed by atoms with Crippen LogP contribution < -0.4 is 0 Å². The van der Waals surface area contributed by atoms with Crippen LogP contribution in [0.3, 0.4) is 0 Å². The summed E-state index contributed by atoms with van der Waals surface area (Å²) in [6, 6.07) is 0. The number of ether oxygens (including phenoxy) is 7. The molecule has 0 aromatic rings. The van der Waals surface area contributed by atoms with Gasteiger partial charge in [0.2, 0.25) is 0 Å². The molecule has 0 bridgehead atoms. The van der Waals surface area contributed by atoms with E-state index in [9.17, 15) is 0 Å². The number of hydrogen-bond acceptors (Lipinski definition) is 7. The van der Waals surface area contributed by atoms with Gasteiger partial charge in [0.05, 0.1) is 25.9 Å². The standard InChI is InChI=1S/C17H30O7/c1-10(2)18-7-8-19-13-12(11-9-20-16(3,4)22-11)21-15-14(13)23-17(5,6)24-15/h10-15H,7-9H2,1-6H3/t11-,12-,13-,14-,15?/m1/s1. The summed E-state index contributed by atoms with van der Waals surface area (Å²) in [6.07, 6.45) is -1.34. The van der Waals surface area contributed by atoms with E-state index in [1.807, 2.05) is 41.5 Å².